The largest absolute Gasteiger partial charge is 0.491 e. The Labute approximate surface area is 205 Å². The summed E-state index contributed by atoms with van der Waals surface area (Å²) in [6, 6.07) is 28.2. The standard InChI is InChI=1S/C29H31N3O3/c33-26(21-35-27-11-12-28-24(19-27)8-13-29(34)30-28)20-31-14-16-32(17-15-31)25-9-6-23(7-10-25)18-22-4-2-1-3-5-22/h1-13,19,26,33H,14-18,20-21H2,(H,30,34)/t26-/m0/s1. The van der Waals surface area contributed by atoms with Crippen molar-refractivity contribution >= 4 is 16.6 Å². The lowest BCUT2D eigenvalue weighted by Gasteiger charge is -2.37. The molecule has 2 heterocycles. The van der Waals surface area contributed by atoms with Crippen molar-refractivity contribution in [3.8, 4) is 5.75 Å². The lowest BCUT2D eigenvalue weighted by atomic mass is 10.0. The van der Waals surface area contributed by atoms with Crippen LogP contribution < -0.4 is 15.2 Å². The van der Waals surface area contributed by atoms with E-state index in [0.717, 1.165) is 43.5 Å². The Morgan fingerprint density at radius 3 is 2.37 bits per heavy atom. The predicted molar refractivity (Wildman–Crippen MR) is 140 cm³/mol. The zero-order valence-electron chi connectivity index (χ0n) is 19.8. The minimum atomic E-state index is -0.565. The maximum atomic E-state index is 11.4. The Balaban J connectivity index is 1.07. The van der Waals surface area contributed by atoms with Crippen molar-refractivity contribution in [2.24, 2.45) is 0 Å². The van der Waals surface area contributed by atoms with Crippen molar-refractivity contribution in [2.75, 3.05) is 44.2 Å². The van der Waals surface area contributed by atoms with E-state index in [2.05, 4.69) is 63.3 Å². The Morgan fingerprint density at radius 1 is 0.857 bits per heavy atom. The molecule has 0 unspecified atom stereocenters. The Hall–Kier alpha value is -3.61. The molecule has 2 N–H and O–H groups in total. The third-order valence-corrected chi connectivity index (χ3v) is 6.53. The van der Waals surface area contributed by atoms with E-state index in [1.54, 1.807) is 6.07 Å². The number of aliphatic hydroxyl groups excluding tert-OH is 1. The van der Waals surface area contributed by atoms with Crippen LogP contribution in [0.15, 0.2) is 89.7 Å². The van der Waals surface area contributed by atoms with Gasteiger partial charge < -0.3 is 19.7 Å². The zero-order chi connectivity index (χ0) is 24.0. The molecule has 180 valence electrons. The first kappa shape index (κ1) is 23.1. The van der Waals surface area contributed by atoms with Crippen molar-refractivity contribution in [1.82, 2.24) is 9.88 Å². The fourth-order valence-electron chi connectivity index (χ4n) is 4.61. The molecule has 1 aliphatic heterocycles. The maximum absolute atomic E-state index is 11.4. The highest BCUT2D eigenvalue weighted by Crippen LogP contribution is 2.20. The average molecular weight is 470 g/mol. The molecule has 6 heteroatoms. The summed E-state index contributed by atoms with van der Waals surface area (Å²) in [5, 5.41) is 11.4. The summed E-state index contributed by atoms with van der Waals surface area (Å²) >= 11 is 0. The quantitative estimate of drug-likeness (QED) is 0.412. The van der Waals surface area contributed by atoms with E-state index < -0.39 is 6.10 Å². The number of rotatable bonds is 8. The van der Waals surface area contributed by atoms with Crippen molar-refractivity contribution in [2.45, 2.75) is 12.5 Å². The first-order valence-corrected chi connectivity index (χ1v) is 12.2. The van der Waals surface area contributed by atoms with Crippen LogP contribution in [0.2, 0.25) is 0 Å². The van der Waals surface area contributed by atoms with Gasteiger partial charge in [0.2, 0.25) is 5.56 Å². The first-order valence-electron chi connectivity index (χ1n) is 12.2. The van der Waals surface area contributed by atoms with Gasteiger partial charge in [0.1, 0.15) is 18.5 Å². The van der Waals surface area contributed by atoms with E-state index in [9.17, 15) is 9.90 Å². The van der Waals surface area contributed by atoms with Gasteiger partial charge in [-0.05, 0) is 53.9 Å². The fourth-order valence-corrected chi connectivity index (χ4v) is 4.61. The minimum Gasteiger partial charge on any atom is -0.491 e. The Morgan fingerprint density at radius 2 is 1.60 bits per heavy atom. The number of nitrogens with one attached hydrogen (secondary N) is 1. The van der Waals surface area contributed by atoms with Gasteiger partial charge in [0.15, 0.2) is 0 Å². The van der Waals surface area contributed by atoms with Crippen LogP contribution in [-0.4, -0.2) is 60.4 Å². The molecule has 1 fully saturated rings. The molecule has 1 saturated heterocycles. The van der Waals surface area contributed by atoms with Gasteiger partial charge in [-0.25, -0.2) is 0 Å². The van der Waals surface area contributed by atoms with Gasteiger partial charge in [-0.2, -0.15) is 0 Å². The number of fused-ring (bicyclic) bond motifs is 1. The Bertz CT molecular complexity index is 1300. The number of aromatic nitrogens is 1. The van der Waals surface area contributed by atoms with Crippen LogP contribution in [0.4, 0.5) is 5.69 Å². The summed E-state index contributed by atoms with van der Waals surface area (Å²) in [6.45, 7) is 4.52. The van der Waals surface area contributed by atoms with E-state index in [1.165, 1.54) is 22.9 Å². The summed E-state index contributed by atoms with van der Waals surface area (Å²) in [6.07, 6.45) is 0.387. The second-order valence-electron chi connectivity index (χ2n) is 9.15. The molecule has 0 amide bonds. The van der Waals surface area contributed by atoms with E-state index in [-0.39, 0.29) is 12.2 Å². The normalized spacial score (nSPS) is 15.3. The van der Waals surface area contributed by atoms with Crippen molar-refractivity contribution in [1.29, 1.82) is 0 Å². The Kier molecular flexibility index (Phi) is 7.12. The van der Waals surface area contributed by atoms with Gasteiger partial charge in [0, 0.05) is 55.4 Å². The highest BCUT2D eigenvalue weighted by molar-refractivity contribution is 5.79. The molecule has 3 aromatic carbocycles. The van der Waals surface area contributed by atoms with Gasteiger partial charge in [0.25, 0.3) is 0 Å². The minimum absolute atomic E-state index is 0.123. The smallest absolute Gasteiger partial charge is 0.248 e. The number of piperazine rings is 1. The van der Waals surface area contributed by atoms with Gasteiger partial charge >= 0.3 is 0 Å². The van der Waals surface area contributed by atoms with Crippen LogP contribution in [0.5, 0.6) is 5.75 Å². The number of aliphatic hydroxyl groups is 1. The number of H-pyrrole nitrogens is 1. The molecular weight excluding hydrogens is 438 g/mol. The number of aromatic amines is 1. The van der Waals surface area contributed by atoms with Crippen LogP contribution in [-0.2, 0) is 6.42 Å². The molecule has 35 heavy (non-hydrogen) atoms. The number of anilines is 1. The van der Waals surface area contributed by atoms with E-state index in [0.29, 0.717) is 12.3 Å². The van der Waals surface area contributed by atoms with E-state index in [1.807, 2.05) is 24.3 Å². The number of nitrogens with zero attached hydrogens (tertiary/aromatic N) is 2. The molecular formula is C29H31N3O3. The SMILES string of the molecule is O=c1ccc2cc(OC[C@@H](O)CN3CCN(c4ccc(Cc5ccccc5)cc4)CC3)ccc2[nH]1. The average Bonchev–Trinajstić information content (AvgIpc) is 2.89. The van der Waals surface area contributed by atoms with Crippen molar-refractivity contribution < 1.29 is 9.84 Å². The molecule has 6 nitrogen and oxygen atoms in total. The maximum Gasteiger partial charge on any atom is 0.248 e. The van der Waals surface area contributed by atoms with Crippen molar-refractivity contribution in [3.05, 3.63) is 106 Å². The first-order chi connectivity index (χ1) is 17.1. The number of ether oxygens (including phenoxy) is 1. The van der Waals surface area contributed by atoms with E-state index in [4.69, 9.17) is 4.74 Å². The lowest BCUT2D eigenvalue weighted by molar-refractivity contribution is 0.0663. The van der Waals surface area contributed by atoms with E-state index >= 15 is 0 Å². The molecule has 0 radical (unpaired) electrons. The van der Waals surface area contributed by atoms with Crippen LogP contribution in [0, 0.1) is 0 Å². The molecule has 1 aliphatic rings. The molecule has 5 rings (SSSR count). The summed E-state index contributed by atoms with van der Waals surface area (Å²) < 4.78 is 5.81. The topological polar surface area (TPSA) is 68.8 Å². The van der Waals surface area contributed by atoms with Gasteiger partial charge in [-0.3, -0.25) is 9.69 Å². The second kappa shape index (κ2) is 10.8. The number of β-amino-alcohol motifs (C(OH)–C–C–N with tert-alkyl or cyclic N) is 1. The molecule has 0 spiro atoms. The van der Waals surface area contributed by atoms with Crippen molar-refractivity contribution in [3.63, 3.8) is 0 Å². The molecule has 1 aromatic heterocycles. The molecule has 0 aliphatic carbocycles. The van der Waals surface area contributed by atoms with Gasteiger partial charge in [-0.15, -0.1) is 0 Å². The van der Waals surface area contributed by atoms with Crippen LogP contribution >= 0.6 is 0 Å². The fraction of sp³-hybridized carbons (Fsp3) is 0.276. The predicted octanol–water partition coefficient (Wildman–Crippen LogP) is 3.68. The highest BCUT2D eigenvalue weighted by Gasteiger charge is 2.20. The molecule has 0 saturated carbocycles. The summed E-state index contributed by atoms with van der Waals surface area (Å²) in [4.78, 5) is 18.9. The zero-order valence-corrected chi connectivity index (χ0v) is 19.8. The van der Waals surface area contributed by atoms with Gasteiger partial charge in [0.05, 0.1) is 0 Å². The monoisotopic (exact) mass is 469 g/mol. The number of hydrogen-bond donors (Lipinski definition) is 2. The molecule has 0 bridgehead atoms. The third kappa shape index (κ3) is 6.10. The third-order valence-electron chi connectivity index (χ3n) is 6.53. The van der Waals surface area contributed by atoms with Gasteiger partial charge in [-0.1, -0.05) is 42.5 Å². The summed E-state index contributed by atoms with van der Waals surface area (Å²) in [5.41, 5.74) is 4.55. The highest BCUT2D eigenvalue weighted by atomic mass is 16.5. The number of pyridine rings is 1. The summed E-state index contributed by atoms with van der Waals surface area (Å²) in [7, 11) is 0. The van der Waals surface area contributed by atoms with Crippen LogP contribution in [0.3, 0.4) is 0 Å². The number of benzene rings is 3. The lowest BCUT2D eigenvalue weighted by Crippen LogP contribution is -2.49. The molecule has 4 aromatic rings. The second-order valence-corrected chi connectivity index (χ2v) is 9.15. The number of hydrogen-bond acceptors (Lipinski definition) is 5. The molecule has 1 atom stereocenters. The summed E-state index contributed by atoms with van der Waals surface area (Å²) in [5.74, 6) is 0.684. The van der Waals surface area contributed by atoms with Crippen LogP contribution in [0.1, 0.15) is 11.1 Å². The van der Waals surface area contributed by atoms with Crippen LogP contribution in [0.25, 0.3) is 10.9 Å².